The number of ether oxygens (including phenoxy) is 2. The summed E-state index contributed by atoms with van der Waals surface area (Å²) in [7, 11) is 0. The molecule has 0 unspecified atom stereocenters. The van der Waals surface area contributed by atoms with Crippen LogP contribution in [-0.4, -0.2) is 62.2 Å². The summed E-state index contributed by atoms with van der Waals surface area (Å²) in [5.74, 6) is -1.72. The van der Waals surface area contributed by atoms with E-state index in [9.17, 15) is 18.0 Å². The number of halogens is 3. The minimum atomic E-state index is -4.90. The summed E-state index contributed by atoms with van der Waals surface area (Å²) in [6, 6.07) is 3.88. The zero-order valence-corrected chi connectivity index (χ0v) is 17.7. The van der Waals surface area contributed by atoms with Crippen LogP contribution in [0.5, 0.6) is 11.5 Å². The number of nitrogens with zero attached hydrogens (tertiary/aromatic N) is 5. The van der Waals surface area contributed by atoms with Crippen LogP contribution < -0.4 is 20.1 Å². The second-order valence-electron chi connectivity index (χ2n) is 8.05. The average molecular weight is 479 g/mol. The van der Waals surface area contributed by atoms with Crippen LogP contribution in [0.25, 0.3) is 11.5 Å². The van der Waals surface area contributed by atoms with Crippen molar-refractivity contribution in [2.24, 2.45) is 0 Å². The third-order valence-electron chi connectivity index (χ3n) is 5.30. The van der Waals surface area contributed by atoms with E-state index in [-0.39, 0.29) is 41.3 Å². The van der Waals surface area contributed by atoms with Gasteiger partial charge in [0, 0.05) is 24.8 Å². The molecule has 34 heavy (non-hydrogen) atoms. The SMILES string of the molecule is O=C(N[C@H]1CN[C@H](Cn2ccnn2)C1)c1nnc(-c2cccc(OC(F)(F)F)c2OC2CC2)o1. The van der Waals surface area contributed by atoms with Crippen LogP contribution in [0.4, 0.5) is 13.2 Å². The molecule has 3 aromatic rings. The number of carbonyl (C=O) groups excluding carboxylic acids is 1. The van der Waals surface area contributed by atoms with Gasteiger partial charge < -0.3 is 24.5 Å². The van der Waals surface area contributed by atoms with Crippen molar-refractivity contribution in [1.29, 1.82) is 0 Å². The molecule has 3 heterocycles. The van der Waals surface area contributed by atoms with Gasteiger partial charge in [-0.15, -0.1) is 28.5 Å². The van der Waals surface area contributed by atoms with Crippen LogP contribution in [0.1, 0.15) is 29.9 Å². The molecule has 2 aliphatic rings. The number of carbonyl (C=O) groups is 1. The summed E-state index contributed by atoms with van der Waals surface area (Å²) in [6.45, 7) is 1.15. The molecule has 1 saturated carbocycles. The van der Waals surface area contributed by atoms with Crippen molar-refractivity contribution in [2.45, 2.75) is 50.4 Å². The van der Waals surface area contributed by atoms with E-state index in [1.807, 2.05) is 0 Å². The standard InChI is InChI=1S/C20H20F3N7O4/c21-20(22,23)34-15-3-1-2-14(16(15)32-13-4-5-13)18-27-28-19(33-18)17(31)26-11-8-12(24-9-11)10-30-7-6-25-29-30/h1-3,6-7,11-13,24H,4-5,8-10H2,(H,26,31)/t11-,12+/m1/s1. The van der Waals surface area contributed by atoms with Gasteiger partial charge in [0.1, 0.15) is 0 Å². The lowest BCUT2D eigenvalue weighted by molar-refractivity contribution is -0.275. The quantitative estimate of drug-likeness (QED) is 0.498. The summed E-state index contributed by atoms with van der Waals surface area (Å²) in [4.78, 5) is 12.6. The predicted octanol–water partition coefficient (Wildman–Crippen LogP) is 1.93. The molecule has 1 saturated heterocycles. The van der Waals surface area contributed by atoms with Gasteiger partial charge in [-0.3, -0.25) is 9.48 Å². The molecule has 1 aliphatic heterocycles. The zero-order chi connectivity index (χ0) is 23.7. The lowest BCUT2D eigenvalue weighted by Crippen LogP contribution is -2.36. The van der Waals surface area contributed by atoms with Crippen LogP contribution >= 0.6 is 0 Å². The topological polar surface area (TPSA) is 129 Å². The Labute approximate surface area is 190 Å². The zero-order valence-electron chi connectivity index (χ0n) is 17.7. The molecule has 0 bridgehead atoms. The van der Waals surface area contributed by atoms with E-state index >= 15 is 0 Å². The fourth-order valence-corrected chi connectivity index (χ4v) is 3.66. The third-order valence-corrected chi connectivity index (χ3v) is 5.30. The van der Waals surface area contributed by atoms with Crippen LogP contribution in [0.3, 0.4) is 0 Å². The summed E-state index contributed by atoms with van der Waals surface area (Å²) >= 11 is 0. The minimum Gasteiger partial charge on any atom is -0.486 e. The molecule has 0 spiro atoms. The van der Waals surface area contributed by atoms with Gasteiger partial charge in [-0.2, -0.15) is 0 Å². The van der Waals surface area contributed by atoms with E-state index in [2.05, 4.69) is 35.9 Å². The molecule has 5 rings (SSSR count). The first-order valence-corrected chi connectivity index (χ1v) is 10.6. The summed E-state index contributed by atoms with van der Waals surface area (Å²) in [6.07, 6.45) is 0.304. The first kappa shape index (κ1) is 22.1. The van der Waals surface area contributed by atoms with Crippen LogP contribution in [0, 0.1) is 0 Å². The predicted molar refractivity (Wildman–Crippen MR) is 108 cm³/mol. The number of para-hydroxylation sites is 1. The van der Waals surface area contributed by atoms with E-state index in [1.165, 1.54) is 12.1 Å². The number of nitrogens with one attached hydrogen (secondary N) is 2. The molecular formula is C20H20F3N7O4. The van der Waals surface area contributed by atoms with Gasteiger partial charge in [-0.05, 0) is 31.4 Å². The number of hydrogen-bond acceptors (Lipinski definition) is 9. The molecule has 2 N–H and O–H groups in total. The molecule has 2 fully saturated rings. The lowest BCUT2D eigenvalue weighted by Gasteiger charge is -2.15. The molecule has 1 amide bonds. The van der Waals surface area contributed by atoms with E-state index in [1.54, 1.807) is 17.1 Å². The van der Waals surface area contributed by atoms with Gasteiger partial charge in [-0.25, -0.2) is 0 Å². The molecule has 1 aromatic carbocycles. The Bertz CT molecular complexity index is 1150. The second-order valence-corrected chi connectivity index (χ2v) is 8.05. The molecule has 0 radical (unpaired) electrons. The van der Waals surface area contributed by atoms with E-state index < -0.39 is 18.0 Å². The van der Waals surface area contributed by atoms with Gasteiger partial charge >= 0.3 is 18.2 Å². The maximum Gasteiger partial charge on any atom is 0.573 e. The van der Waals surface area contributed by atoms with Crippen molar-refractivity contribution in [2.75, 3.05) is 6.54 Å². The van der Waals surface area contributed by atoms with Gasteiger partial charge in [-0.1, -0.05) is 11.3 Å². The summed E-state index contributed by atoms with van der Waals surface area (Å²) < 4.78 is 55.5. The maximum atomic E-state index is 12.9. The normalized spacial score (nSPS) is 20.3. The van der Waals surface area contributed by atoms with Crippen molar-refractivity contribution in [1.82, 2.24) is 35.8 Å². The number of hydrogen-bond donors (Lipinski definition) is 2. The lowest BCUT2D eigenvalue weighted by atomic mass is 10.1. The molecule has 180 valence electrons. The van der Waals surface area contributed by atoms with Crippen LogP contribution in [0.2, 0.25) is 0 Å². The van der Waals surface area contributed by atoms with Crippen molar-refractivity contribution in [3.63, 3.8) is 0 Å². The fraction of sp³-hybridized carbons (Fsp3) is 0.450. The molecule has 1 aliphatic carbocycles. The van der Waals surface area contributed by atoms with Crippen molar-refractivity contribution in [3.05, 3.63) is 36.5 Å². The fourth-order valence-electron chi connectivity index (χ4n) is 3.66. The molecule has 14 heteroatoms. The van der Waals surface area contributed by atoms with Gasteiger partial charge in [0.25, 0.3) is 5.89 Å². The van der Waals surface area contributed by atoms with Crippen LogP contribution in [-0.2, 0) is 6.54 Å². The monoisotopic (exact) mass is 479 g/mol. The van der Waals surface area contributed by atoms with E-state index in [0.29, 0.717) is 32.4 Å². The highest BCUT2D eigenvalue weighted by molar-refractivity contribution is 5.90. The first-order chi connectivity index (χ1) is 16.3. The molecule has 2 aromatic heterocycles. The number of amides is 1. The van der Waals surface area contributed by atoms with E-state index in [0.717, 1.165) is 6.07 Å². The Hall–Kier alpha value is -3.68. The molecular weight excluding hydrogens is 459 g/mol. The largest absolute Gasteiger partial charge is 0.573 e. The van der Waals surface area contributed by atoms with Crippen molar-refractivity contribution >= 4 is 5.91 Å². The van der Waals surface area contributed by atoms with E-state index in [4.69, 9.17) is 9.15 Å². The third kappa shape index (κ3) is 5.27. The Balaban J connectivity index is 1.28. The minimum absolute atomic E-state index is 0.101. The van der Waals surface area contributed by atoms with Crippen molar-refractivity contribution in [3.8, 4) is 23.0 Å². The van der Waals surface area contributed by atoms with Crippen LogP contribution in [0.15, 0.2) is 35.0 Å². The van der Waals surface area contributed by atoms with Gasteiger partial charge in [0.05, 0.1) is 24.4 Å². The number of rotatable bonds is 8. The highest BCUT2D eigenvalue weighted by atomic mass is 19.4. The summed E-state index contributed by atoms with van der Waals surface area (Å²) in [5, 5.41) is 21.4. The van der Waals surface area contributed by atoms with Gasteiger partial charge in [0.15, 0.2) is 11.5 Å². The average Bonchev–Trinajstić information content (AvgIpc) is 3.17. The molecule has 11 nitrogen and oxygen atoms in total. The maximum absolute atomic E-state index is 12.9. The highest BCUT2D eigenvalue weighted by Gasteiger charge is 2.35. The number of alkyl halides is 3. The first-order valence-electron chi connectivity index (χ1n) is 10.6. The number of benzene rings is 1. The van der Waals surface area contributed by atoms with Gasteiger partial charge in [0.2, 0.25) is 0 Å². The second kappa shape index (κ2) is 8.93. The Kier molecular flexibility index (Phi) is 5.81. The Morgan fingerprint density at radius 1 is 1.29 bits per heavy atom. The highest BCUT2D eigenvalue weighted by Crippen LogP contribution is 2.42. The summed E-state index contributed by atoms with van der Waals surface area (Å²) in [5.41, 5.74) is 0.107. The Morgan fingerprint density at radius 3 is 2.88 bits per heavy atom. The van der Waals surface area contributed by atoms with Crippen molar-refractivity contribution < 1.29 is 31.9 Å². The Morgan fingerprint density at radius 2 is 2.15 bits per heavy atom. The number of aromatic nitrogens is 5. The smallest absolute Gasteiger partial charge is 0.486 e. The molecule has 2 atom stereocenters.